The summed E-state index contributed by atoms with van der Waals surface area (Å²) >= 11 is 0. The first-order chi connectivity index (χ1) is 8.83. The summed E-state index contributed by atoms with van der Waals surface area (Å²) < 4.78 is 6.27. The Morgan fingerprint density at radius 1 is 1.20 bits per heavy atom. The zero-order valence-electron chi connectivity index (χ0n) is 14.5. The molecule has 0 aromatic rings. The van der Waals surface area contributed by atoms with Crippen LogP contribution in [0.5, 0.6) is 0 Å². The van der Waals surface area contributed by atoms with Gasteiger partial charge in [0.2, 0.25) is 8.32 Å². The van der Waals surface area contributed by atoms with Gasteiger partial charge in [-0.3, -0.25) is 0 Å². The Balaban J connectivity index is 3.55. The van der Waals surface area contributed by atoms with Crippen LogP contribution in [0.3, 0.4) is 0 Å². The number of rotatable bonds is 3. The van der Waals surface area contributed by atoms with Crippen molar-refractivity contribution in [2.75, 3.05) is 0 Å². The second-order valence-electron chi connectivity index (χ2n) is 7.81. The van der Waals surface area contributed by atoms with E-state index in [9.17, 15) is 0 Å². The predicted molar refractivity (Wildman–Crippen MR) is 92.1 cm³/mol. The highest BCUT2D eigenvalue weighted by Gasteiger charge is 2.40. The van der Waals surface area contributed by atoms with E-state index in [0.29, 0.717) is 0 Å². The summed E-state index contributed by atoms with van der Waals surface area (Å²) in [4.78, 5) is 0. The molecule has 0 aliphatic heterocycles. The quantitative estimate of drug-likeness (QED) is 0.360. The fraction of sp³-hybridized carbons (Fsp3) is 0.556. The molecule has 1 nitrogen and oxygen atoms in total. The molecule has 20 heavy (non-hydrogen) atoms. The SMILES string of the molecule is C=CC(O[Si](C)(C)C)=C1C(=C)C(C)(C)C(C)=CC1(C)C. The van der Waals surface area contributed by atoms with Crippen molar-refractivity contribution in [3.05, 3.63) is 47.8 Å². The summed E-state index contributed by atoms with van der Waals surface area (Å²) in [5, 5.41) is 0. The lowest BCUT2D eigenvalue weighted by Crippen LogP contribution is -2.33. The smallest absolute Gasteiger partial charge is 0.242 e. The summed E-state index contributed by atoms with van der Waals surface area (Å²) in [6.45, 7) is 26.0. The van der Waals surface area contributed by atoms with Crippen LogP contribution >= 0.6 is 0 Å². The maximum absolute atomic E-state index is 6.27. The van der Waals surface area contributed by atoms with Gasteiger partial charge >= 0.3 is 0 Å². The molecule has 0 amide bonds. The number of hydrogen-bond acceptors (Lipinski definition) is 1. The minimum atomic E-state index is -1.67. The Morgan fingerprint density at radius 2 is 1.70 bits per heavy atom. The predicted octanol–water partition coefficient (Wildman–Crippen LogP) is 5.85. The first-order valence-corrected chi connectivity index (χ1v) is 10.7. The molecule has 0 bridgehead atoms. The molecule has 1 rings (SSSR count). The van der Waals surface area contributed by atoms with Crippen molar-refractivity contribution in [2.24, 2.45) is 10.8 Å². The van der Waals surface area contributed by atoms with Gasteiger partial charge in [-0.1, -0.05) is 52.5 Å². The van der Waals surface area contributed by atoms with E-state index in [1.807, 2.05) is 6.08 Å². The summed E-state index contributed by atoms with van der Waals surface area (Å²) in [6, 6.07) is 0. The zero-order valence-corrected chi connectivity index (χ0v) is 15.5. The van der Waals surface area contributed by atoms with Crippen molar-refractivity contribution in [1.29, 1.82) is 0 Å². The second-order valence-corrected chi connectivity index (χ2v) is 12.2. The molecular formula is C18H30OSi. The van der Waals surface area contributed by atoms with Gasteiger partial charge in [-0.2, -0.15) is 0 Å². The minimum Gasteiger partial charge on any atom is -0.544 e. The largest absolute Gasteiger partial charge is 0.544 e. The third-order valence-electron chi connectivity index (χ3n) is 4.11. The van der Waals surface area contributed by atoms with Crippen molar-refractivity contribution < 1.29 is 4.43 Å². The van der Waals surface area contributed by atoms with Gasteiger partial charge in [0.05, 0.1) is 0 Å². The Hall–Kier alpha value is -1.02. The van der Waals surface area contributed by atoms with Crippen molar-refractivity contribution in [2.45, 2.75) is 54.3 Å². The molecule has 112 valence electrons. The highest BCUT2D eigenvalue weighted by molar-refractivity contribution is 6.70. The molecule has 0 spiro atoms. The fourth-order valence-electron chi connectivity index (χ4n) is 2.72. The molecule has 0 heterocycles. The maximum atomic E-state index is 6.27. The molecule has 0 fully saturated rings. The molecule has 0 N–H and O–H groups in total. The lowest BCUT2D eigenvalue weighted by atomic mass is 9.62. The third kappa shape index (κ3) is 3.17. The van der Waals surface area contributed by atoms with Crippen molar-refractivity contribution in [3.8, 4) is 0 Å². The van der Waals surface area contributed by atoms with Gasteiger partial charge in [0.1, 0.15) is 5.76 Å². The van der Waals surface area contributed by atoms with Gasteiger partial charge in [0.15, 0.2) is 0 Å². The fourth-order valence-corrected chi connectivity index (χ4v) is 3.57. The average molecular weight is 291 g/mol. The van der Waals surface area contributed by atoms with Crippen molar-refractivity contribution in [1.82, 2.24) is 0 Å². The highest BCUT2D eigenvalue weighted by atomic mass is 28.4. The molecule has 0 saturated carbocycles. The first-order valence-electron chi connectivity index (χ1n) is 7.29. The van der Waals surface area contributed by atoms with E-state index in [-0.39, 0.29) is 10.8 Å². The molecule has 1 aliphatic carbocycles. The van der Waals surface area contributed by atoms with Crippen molar-refractivity contribution in [3.63, 3.8) is 0 Å². The van der Waals surface area contributed by atoms with E-state index < -0.39 is 8.32 Å². The number of hydrogen-bond donors (Lipinski definition) is 0. The van der Waals surface area contributed by atoms with E-state index in [1.165, 1.54) is 11.1 Å². The van der Waals surface area contributed by atoms with Gasteiger partial charge < -0.3 is 4.43 Å². The summed E-state index contributed by atoms with van der Waals surface area (Å²) in [5.41, 5.74) is 3.62. The van der Waals surface area contributed by atoms with Gasteiger partial charge in [-0.25, -0.2) is 0 Å². The molecule has 2 heteroatoms. The van der Waals surface area contributed by atoms with E-state index in [0.717, 1.165) is 11.3 Å². The van der Waals surface area contributed by atoms with Gasteiger partial charge in [0, 0.05) is 16.4 Å². The van der Waals surface area contributed by atoms with Crippen LogP contribution in [-0.2, 0) is 4.43 Å². The zero-order chi connectivity index (χ0) is 15.9. The van der Waals surface area contributed by atoms with E-state index in [2.05, 4.69) is 73.5 Å². The normalized spacial score (nSPS) is 24.0. The molecule has 0 aromatic carbocycles. The van der Waals surface area contributed by atoms with Crippen LogP contribution < -0.4 is 0 Å². The lowest BCUT2D eigenvalue weighted by molar-refractivity contribution is 0.389. The topological polar surface area (TPSA) is 9.23 Å². The lowest BCUT2D eigenvalue weighted by Gasteiger charge is -2.43. The van der Waals surface area contributed by atoms with E-state index in [4.69, 9.17) is 4.43 Å². The summed E-state index contributed by atoms with van der Waals surface area (Å²) in [5.74, 6) is 0.913. The second kappa shape index (κ2) is 5.07. The minimum absolute atomic E-state index is 0.0259. The van der Waals surface area contributed by atoms with Gasteiger partial charge in [-0.05, 0) is 38.2 Å². The number of allylic oxidation sites excluding steroid dienone is 5. The van der Waals surface area contributed by atoms with Crippen LogP contribution in [0.4, 0.5) is 0 Å². The molecule has 0 aromatic heterocycles. The van der Waals surface area contributed by atoms with Crippen LogP contribution in [0.2, 0.25) is 19.6 Å². The van der Waals surface area contributed by atoms with E-state index >= 15 is 0 Å². The first kappa shape index (κ1) is 17.0. The standard InChI is InChI=1S/C18H30OSi/c1-11-15(19-20(8,9)10)16-14(3)18(6,7)13(2)12-17(16,4)5/h11-12H,1,3H2,2,4-10H3. The molecule has 1 aliphatic rings. The highest BCUT2D eigenvalue weighted by Crippen LogP contribution is 2.51. The molecule has 0 saturated heterocycles. The van der Waals surface area contributed by atoms with Crippen molar-refractivity contribution >= 4 is 8.32 Å². The third-order valence-corrected chi connectivity index (χ3v) is 4.94. The monoisotopic (exact) mass is 290 g/mol. The van der Waals surface area contributed by atoms with E-state index in [1.54, 1.807) is 0 Å². The summed E-state index contributed by atoms with van der Waals surface area (Å²) in [6.07, 6.45) is 4.19. The molecule has 0 unspecified atom stereocenters. The molecular weight excluding hydrogens is 260 g/mol. The Kier molecular flexibility index (Phi) is 4.31. The Morgan fingerprint density at radius 3 is 2.10 bits per heavy atom. The van der Waals surface area contributed by atoms with Crippen LogP contribution in [0.25, 0.3) is 0 Å². The average Bonchev–Trinajstić information content (AvgIpc) is 2.23. The molecule has 0 atom stereocenters. The Bertz CT molecular complexity index is 496. The van der Waals surface area contributed by atoms with Gasteiger partial charge in [0.25, 0.3) is 0 Å². The Labute approximate surface area is 126 Å². The molecule has 0 radical (unpaired) electrons. The summed E-state index contributed by atoms with van der Waals surface area (Å²) in [7, 11) is -1.67. The van der Waals surface area contributed by atoms with Crippen LogP contribution in [0, 0.1) is 10.8 Å². The van der Waals surface area contributed by atoms with Gasteiger partial charge in [-0.15, -0.1) is 0 Å². The van der Waals surface area contributed by atoms with Crippen LogP contribution in [0.15, 0.2) is 47.8 Å². The van der Waals surface area contributed by atoms with Crippen LogP contribution in [-0.4, -0.2) is 8.32 Å². The maximum Gasteiger partial charge on any atom is 0.242 e. The van der Waals surface area contributed by atoms with Crippen LogP contribution in [0.1, 0.15) is 34.6 Å².